The van der Waals surface area contributed by atoms with E-state index in [0.717, 1.165) is 0 Å². The fraction of sp³-hybridized carbons (Fsp3) is 0.364. The van der Waals surface area contributed by atoms with Crippen molar-refractivity contribution in [1.82, 2.24) is 4.72 Å². The highest BCUT2D eigenvalue weighted by atomic mass is 32.2. The first kappa shape index (κ1) is 12.8. The largest absolute Gasteiger partial charge is 0.411 e. The van der Waals surface area contributed by atoms with Crippen LogP contribution in [0.4, 0.5) is 5.69 Å². The Hall–Kier alpha value is -1.60. The van der Waals surface area contributed by atoms with Gasteiger partial charge in [0.15, 0.2) is 0 Å². The zero-order chi connectivity index (χ0) is 13.2. The normalized spacial score (nSPS) is 17.8. The molecule has 7 heteroatoms. The SMILES string of the molecule is CCNS(=O)(=O)N1CC/C(=N/O)c2ccccc21. The molecule has 0 saturated carbocycles. The molecule has 0 atom stereocenters. The standard InChI is InChI=1S/C11H15N3O3S/c1-2-12-18(16,17)14-8-7-10(13-15)9-5-3-4-6-11(9)14/h3-6,12,15H,2,7-8H2,1H3/b13-10-. The lowest BCUT2D eigenvalue weighted by Crippen LogP contribution is -2.44. The van der Waals surface area contributed by atoms with Gasteiger partial charge in [0.2, 0.25) is 0 Å². The van der Waals surface area contributed by atoms with E-state index in [2.05, 4.69) is 9.88 Å². The Morgan fingerprint density at radius 1 is 1.44 bits per heavy atom. The van der Waals surface area contributed by atoms with Crippen molar-refractivity contribution in [2.45, 2.75) is 13.3 Å². The number of hydrogen-bond donors (Lipinski definition) is 2. The van der Waals surface area contributed by atoms with Crippen molar-refractivity contribution < 1.29 is 13.6 Å². The van der Waals surface area contributed by atoms with Crippen molar-refractivity contribution in [3.8, 4) is 0 Å². The Balaban J connectivity index is 2.49. The van der Waals surface area contributed by atoms with Crippen LogP contribution in [0.1, 0.15) is 18.9 Å². The molecule has 1 aliphatic rings. The molecular weight excluding hydrogens is 254 g/mol. The summed E-state index contributed by atoms with van der Waals surface area (Å²) in [6.45, 7) is 2.34. The molecule has 1 aliphatic heterocycles. The van der Waals surface area contributed by atoms with Crippen molar-refractivity contribution in [2.24, 2.45) is 5.16 Å². The van der Waals surface area contributed by atoms with Crippen molar-refractivity contribution in [3.05, 3.63) is 29.8 Å². The molecule has 0 spiro atoms. The molecule has 1 aromatic rings. The second-order valence-corrected chi connectivity index (χ2v) is 5.57. The van der Waals surface area contributed by atoms with Crippen LogP contribution in [0.3, 0.4) is 0 Å². The summed E-state index contributed by atoms with van der Waals surface area (Å²) in [6, 6.07) is 6.99. The Morgan fingerprint density at radius 2 is 2.17 bits per heavy atom. The summed E-state index contributed by atoms with van der Waals surface area (Å²) in [6.07, 6.45) is 0.387. The summed E-state index contributed by atoms with van der Waals surface area (Å²) in [5, 5.41) is 12.2. The van der Waals surface area contributed by atoms with Crippen LogP contribution in [-0.2, 0) is 10.2 Å². The minimum Gasteiger partial charge on any atom is -0.411 e. The van der Waals surface area contributed by atoms with E-state index in [0.29, 0.717) is 29.9 Å². The van der Waals surface area contributed by atoms with Gasteiger partial charge in [-0.05, 0) is 6.07 Å². The Morgan fingerprint density at radius 3 is 2.83 bits per heavy atom. The lowest BCUT2D eigenvalue weighted by atomic mass is 10.0. The Bertz CT molecular complexity index is 569. The van der Waals surface area contributed by atoms with Gasteiger partial charge in [0, 0.05) is 25.1 Å². The molecule has 0 saturated heterocycles. The minimum absolute atomic E-state index is 0.270. The Kier molecular flexibility index (Phi) is 3.53. The van der Waals surface area contributed by atoms with Gasteiger partial charge in [-0.25, -0.2) is 0 Å². The highest BCUT2D eigenvalue weighted by molar-refractivity contribution is 7.90. The monoisotopic (exact) mass is 269 g/mol. The van der Waals surface area contributed by atoms with Crippen LogP contribution in [-0.4, -0.2) is 32.4 Å². The first-order valence-corrected chi connectivity index (χ1v) is 7.12. The van der Waals surface area contributed by atoms with E-state index in [1.807, 2.05) is 0 Å². The molecule has 1 aromatic carbocycles. The average molecular weight is 269 g/mol. The van der Waals surface area contributed by atoms with Crippen molar-refractivity contribution in [1.29, 1.82) is 0 Å². The minimum atomic E-state index is -3.53. The lowest BCUT2D eigenvalue weighted by molar-refractivity contribution is 0.318. The molecule has 1 heterocycles. The van der Waals surface area contributed by atoms with E-state index >= 15 is 0 Å². The predicted octanol–water partition coefficient (Wildman–Crippen LogP) is 0.929. The fourth-order valence-corrected chi connectivity index (χ4v) is 3.28. The van der Waals surface area contributed by atoms with E-state index in [1.54, 1.807) is 31.2 Å². The molecule has 2 rings (SSSR count). The fourth-order valence-electron chi connectivity index (χ4n) is 2.01. The van der Waals surface area contributed by atoms with E-state index < -0.39 is 10.2 Å². The predicted molar refractivity (Wildman–Crippen MR) is 69.3 cm³/mol. The van der Waals surface area contributed by atoms with Crippen molar-refractivity contribution >= 4 is 21.6 Å². The molecule has 98 valence electrons. The van der Waals surface area contributed by atoms with Crippen LogP contribution in [0.15, 0.2) is 29.4 Å². The second kappa shape index (κ2) is 4.95. The molecular formula is C11H15N3O3S. The van der Waals surface area contributed by atoms with Crippen LogP contribution in [0.25, 0.3) is 0 Å². The number of hydrogen-bond acceptors (Lipinski definition) is 4. The second-order valence-electron chi connectivity index (χ2n) is 3.89. The van der Waals surface area contributed by atoms with Gasteiger partial charge in [-0.2, -0.15) is 13.1 Å². The van der Waals surface area contributed by atoms with Gasteiger partial charge in [0.25, 0.3) is 0 Å². The van der Waals surface area contributed by atoms with Crippen molar-refractivity contribution in [2.75, 3.05) is 17.4 Å². The maximum absolute atomic E-state index is 12.1. The van der Waals surface area contributed by atoms with Gasteiger partial charge in [0.1, 0.15) is 0 Å². The number of fused-ring (bicyclic) bond motifs is 1. The quantitative estimate of drug-likeness (QED) is 0.632. The van der Waals surface area contributed by atoms with E-state index in [4.69, 9.17) is 5.21 Å². The number of anilines is 1. The summed E-state index contributed by atoms with van der Waals surface area (Å²) < 4.78 is 27.9. The smallest absolute Gasteiger partial charge is 0.301 e. The molecule has 0 fully saturated rings. The van der Waals surface area contributed by atoms with Gasteiger partial charge < -0.3 is 5.21 Å². The number of nitrogens with one attached hydrogen (secondary N) is 1. The summed E-state index contributed by atoms with van der Waals surface area (Å²) >= 11 is 0. The third kappa shape index (κ3) is 2.19. The summed E-state index contributed by atoms with van der Waals surface area (Å²) in [5.41, 5.74) is 1.69. The van der Waals surface area contributed by atoms with Gasteiger partial charge >= 0.3 is 10.2 Å². The molecule has 0 radical (unpaired) electrons. The molecule has 2 N–H and O–H groups in total. The van der Waals surface area contributed by atoms with Gasteiger partial charge in [-0.1, -0.05) is 30.3 Å². The van der Waals surface area contributed by atoms with E-state index in [1.165, 1.54) is 4.31 Å². The third-order valence-electron chi connectivity index (χ3n) is 2.77. The number of nitrogens with zero attached hydrogens (tertiary/aromatic N) is 2. The maximum Gasteiger partial charge on any atom is 0.301 e. The number of para-hydroxylation sites is 1. The molecule has 6 nitrogen and oxygen atoms in total. The van der Waals surface area contributed by atoms with Crippen LogP contribution < -0.4 is 9.03 Å². The van der Waals surface area contributed by atoms with Crippen LogP contribution in [0.2, 0.25) is 0 Å². The topological polar surface area (TPSA) is 82.0 Å². The highest BCUT2D eigenvalue weighted by Crippen LogP contribution is 2.28. The van der Waals surface area contributed by atoms with Gasteiger partial charge in [-0.3, -0.25) is 4.31 Å². The number of rotatable bonds is 3. The number of oxime groups is 1. The van der Waals surface area contributed by atoms with Crippen molar-refractivity contribution in [3.63, 3.8) is 0 Å². The maximum atomic E-state index is 12.1. The summed E-state index contributed by atoms with van der Waals surface area (Å²) in [4.78, 5) is 0. The van der Waals surface area contributed by atoms with Gasteiger partial charge in [0.05, 0.1) is 11.4 Å². The molecule has 0 bridgehead atoms. The zero-order valence-corrected chi connectivity index (χ0v) is 10.8. The summed E-state index contributed by atoms with van der Waals surface area (Å²) in [5.74, 6) is 0. The molecule has 0 aromatic heterocycles. The Labute approximate surface area is 106 Å². The van der Waals surface area contributed by atoms with E-state index in [9.17, 15) is 8.42 Å². The molecule has 0 amide bonds. The average Bonchev–Trinajstić information content (AvgIpc) is 2.37. The first-order chi connectivity index (χ1) is 8.60. The van der Waals surface area contributed by atoms with E-state index in [-0.39, 0.29) is 6.54 Å². The zero-order valence-electron chi connectivity index (χ0n) is 10.00. The third-order valence-corrected chi connectivity index (χ3v) is 4.39. The molecule has 0 aliphatic carbocycles. The van der Waals surface area contributed by atoms with Gasteiger partial charge in [-0.15, -0.1) is 0 Å². The first-order valence-electron chi connectivity index (χ1n) is 5.68. The molecule has 0 unspecified atom stereocenters. The lowest BCUT2D eigenvalue weighted by Gasteiger charge is -2.30. The highest BCUT2D eigenvalue weighted by Gasteiger charge is 2.29. The van der Waals surface area contributed by atoms with Crippen LogP contribution in [0.5, 0.6) is 0 Å². The molecule has 18 heavy (non-hydrogen) atoms. The number of benzene rings is 1. The van der Waals surface area contributed by atoms with Crippen LogP contribution in [0, 0.1) is 0 Å². The summed E-state index contributed by atoms with van der Waals surface area (Å²) in [7, 11) is -3.53. The van der Waals surface area contributed by atoms with Crippen LogP contribution >= 0.6 is 0 Å².